The molecule has 0 heterocycles. The summed E-state index contributed by atoms with van der Waals surface area (Å²) in [5.41, 5.74) is 1.42. The first-order chi connectivity index (χ1) is 9.63. The SMILES string of the molecule is Cc1ccc(O)c(C(=O)N(CCBr)C2CCCCC2)c1. The number of rotatable bonds is 4. The highest BCUT2D eigenvalue weighted by Crippen LogP contribution is 2.27. The van der Waals surface area contributed by atoms with E-state index in [-0.39, 0.29) is 11.7 Å². The summed E-state index contributed by atoms with van der Waals surface area (Å²) in [5.74, 6) is 0.0357. The molecule has 0 bridgehead atoms. The van der Waals surface area contributed by atoms with Crippen molar-refractivity contribution in [3.05, 3.63) is 29.3 Å². The quantitative estimate of drug-likeness (QED) is 0.846. The number of carbonyl (C=O) groups excluding carboxylic acids is 1. The van der Waals surface area contributed by atoms with Gasteiger partial charge in [0.15, 0.2) is 0 Å². The smallest absolute Gasteiger partial charge is 0.257 e. The Hall–Kier alpha value is -1.03. The molecular weight excluding hydrogens is 318 g/mol. The third-order valence-electron chi connectivity index (χ3n) is 3.98. The lowest BCUT2D eigenvalue weighted by molar-refractivity contribution is 0.0648. The van der Waals surface area contributed by atoms with Gasteiger partial charge in [0.05, 0.1) is 5.56 Å². The number of benzene rings is 1. The fraction of sp³-hybridized carbons (Fsp3) is 0.562. The fourth-order valence-electron chi connectivity index (χ4n) is 2.91. The molecule has 1 N–H and O–H groups in total. The second-order valence-electron chi connectivity index (χ2n) is 5.50. The average molecular weight is 340 g/mol. The molecular formula is C16H22BrNO2. The van der Waals surface area contributed by atoms with Crippen LogP contribution in [0.5, 0.6) is 5.75 Å². The summed E-state index contributed by atoms with van der Waals surface area (Å²) in [6, 6.07) is 5.52. The molecule has 1 aromatic carbocycles. The number of alkyl halides is 1. The van der Waals surface area contributed by atoms with E-state index in [1.807, 2.05) is 17.9 Å². The molecule has 0 aliphatic heterocycles. The van der Waals surface area contributed by atoms with Crippen LogP contribution in [-0.4, -0.2) is 33.8 Å². The monoisotopic (exact) mass is 339 g/mol. The van der Waals surface area contributed by atoms with Gasteiger partial charge in [0, 0.05) is 17.9 Å². The van der Waals surface area contributed by atoms with Crippen LogP contribution in [0.3, 0.4) is 0 Å². The Bertz CT molecular complexity index is 470. The minimum absolute atomic E-state index is 0.0439. The lowest BCUT2D eigenvalue weighted by atomic mass is 9.93. The Balaban J connectivity index is 2.23. The molecule has 1 fully saturated rings. The van der Waals surface area contributed by atoms with Crippen molar-refractivity contribution in [1.29, 1.82) is 0 Å². The number of phenolic OH excluding ortho intramolecular Hbond substituents is 1. The van der Waals surface area contributed by atoms with E-state index in [0.29, 0.717) is 18.2 Å². The van der Waals surface area contributed by atoms with E-state index in [2.05, 4.69) is 15.9 Å². The van der Waals surface area contributed by atoms with Crippen LogP contribution in [0.2, 0.25) is 0 Å². The van der Waals surface area contributed by atoms with E-state index in [1.165, 1.54) is 19.3 Å². The highest BCUT2D eigenvalue weighted by atomic mass is 79.9. The lowest BCUT2D eigenvalue weighted by Crippen LogP contribution is -2.42. The summed E-state index contributed by atoms with van der Waals surface area (Å²) in [5, 5.41) is 10.7. The summed E-state index contributed by atoms with van der Waals surface area (Å²) in [7, 11) is 0. The summed E-state index contributed by atoms with van der Waals surface area (Å²) in [4.78, 5) is 14.7. The highest BCUT2D eigenvalue weighted by Gasteiger charge is 2.27. The molecule has 0 atom stereocenters. The van der Waals surface area contributed by atoms with Crippen molar-refractivity contribution in [1.82, 2.24) is 4.90 Å². The van der Waals surface area contributed by atoms with Gasteiger partial charge in [-0.05, 0) is 31.9 Å². The van der Waals surface area contributed by atoms with Crippen molar-refractivity contribution in [3.8, 4) is 5.75 Å². The summed E-state index contributed by atoms with van der Waals surface area (Å²) >= 11 is 3.43. The van der Waals surface area contributed by atoms with E-state index in [0.717, 1.165) is 23.7 Å². The van der Waals surface area contributed by atoms with Crippen LogP contribution in [0, 0.1) is 6.92 Å². The number of hydrogen-bond donors (Lipinski definition) is 1. The maximum atomic E-state index is 12.8. The zero-order valence-electron chi connectivity index (χ0n) is 11.9. The van der Waals surface area contributed by atoms with Gasteiger partial charge in [-0.2, -0.15) is 0 Å². The largest absolute Gasteiger partial charge is 0.507 e. The molecule has 0 saturated heterocycles. The maximum Gasteiger partial charge on any atom is 0.257 e. The van der Waals surface area contributed by atoms with Crippen molar-refractivity contribution < 1.29 is 9.90 Å². The standard InChI is InChI=1S/C16H22BrNO2/c1-12-7-8-15(19)14(11-12)16(20)18(10-9-17)13-5-3-2-4-6-13/h7-8,11,13,19H,2-6,9-10H2,1H3. The minimum Gasteiger partial charge on any atom is -0.507 e. The molecule has 20 heavy (non-hydrogen) atoms. The lowest BCUT2D eigenvalue weighted by Gasteiger charge is -2.34. The van der Waals surface area contributed by atoms with Crippen LogP contribution in [0.25, 0.3) is 0 Å². The third kappa shape index (κ3) is 3.54. The van der Waals surface area contributed by atoms with Gasteiger partial charge in [0.25, 0.3) is 5.91 Å². The Morgan fingerprint density at radius 1 is 1.35 bits per heavy atom. The third-order valence-corrected chi connectivity index (χ3v) is 4.34. The number of aromatic hydroxyl groups is 1. The number of aryl methyl sites for hydroxylation is 1. The van der Waals surface area contributed by atoms with Crippen LogP contribution in [0.15, 0.2) is 18.2 Å². The molecule has 1 aliphatic rings. The fourth-order valence-corrected chi connectivity index (χ4v) is 3.29. The molecule has 1 amide bonds. The van der Waals surface area contributed by atoms with Gasteiger partial charge in [-0.25, -0.2) is 0 Å². The van der Waals surface area contributed by atoms with E-state index < -0.39 is 0 Å². The topological polar surface area (TPSA) is 40.5 Å². The van der Waals surface area contributed by atoms with Gasteiger partial charge in [0.1, 0.15) is 5.75 Å². The molecule has 1 aliphatic carbocycles. The Morgan fingerprint density at radius 3 is 2.70 bits per heavy atom. The van der Waals surface area contributed by atoms with Gasteiger partial charge in [-0.1, -0.05) is 46.8 Å². The number of amides is 1. The Kier molecular flexibility index (Phi) is 5.46. The van der Waals surface area contributed by atoms with E-state index in [4.69, 9.17) is 0 Å². The molecule has 0 spiro atoms. The maximum absolute atomic E-state index is 12.8. The first-order valence-electron chi connectivity index (χ1n) is 7.30. The molecule has 4 heteroatoms. The zero-order chi connectivity index (χ0) is 14.5. The molecule has 110 valence electrons. The van der Waals surface area contributed by atoms with Gasteiger partial charge in [-0.3, -0.25) is 4.79 Å². The normalized spacial score (nSPS) is 16.1. The van der Waals surface area contributed by atoms with Crippen molar-refractivity contribution in [2.75, 3.05) is 11.9 Å². The first kappa shape index (κ1) is 15.4. The minimum atomic E-state index is -0.0439. The predicted molar refractivity (Wildman–Crippen MR) is 84.5 cm³/mol. The highest BCUT2D eigenvalue weighted by molar-refractivity contribution is 9.09. The second kappa shape index (κ2) is 7.11. The molecule has 1 saturated carbocycles. The molecule has 3 nitrogen and oxygen atoms in total. The van der Waals surface area contributed by atoms with Crippen molar-refractivity contribution in [3.63, 3.8) is 0 Å². The van der Waals surface area contributed by atoms with Crippen molar-refractivity contribution >= 4 is 21.8 Å². The van der Waals surface area contributed by atoms with E-state index in [1.54, 1.807) is 12.1 Å². The number of phenols is 1. The average Bonchev–Trinajstić information content (AvgIpc) is 2.47. The zero-order valence-corrected chi connectivity index (χ0v) is 13.5. The molecule has 2 rings (SSSR count). The first-order valence-corrected chi connectivity index (χ1v) is 8.42. The van der Waals surface area contributed by atoms with Crippen LogP contribution < -0.4 is 0 Å². The summed E-state index contributed by atoms with van der Waals surface area (Å²) < 4.78 is 0. The van der Waals surface area contributed by atoms with E-state index >= 15 is 0 Å². The Morgan fingerprint density at radius 2 is 2.05 bits per heavy atom. The van der Waals surface area contributed by atoms with E-state index in [9.17, 15) is 9.90 Å². The van der Waals surface area contributed by atoms with Gasteiger partial charge in [-0.15, -0.1) is 0 Å². The summed E-state index contributed by atoms with van der Waals surface area (Å²) in [6.07, 6.45) is 5.80. The van der Waals surface area contributed by atoms with Gasteiger partial charge >= 0.3 is 0 Å². The number of carbonyl (C=O) groups is 1. The van der Waals surface area contributed by atoms with Crippen molar-refractivity contribution in [2.24, 2.45) is 0 Å². The number of nitrogens with zero attached hydrogens (tertiary/aromatic N) is 1. The number of hydrogen-bond acceptors (Lipinski definition) is 2. The molecule has 1 aromatic rings. The number of halogens is 1. The predicted octanol–water partition coefficient (Wildman–Crippen LogP) is 3.87. The van der Waals surface area contributed by atoms with Crippen LogP contribution >= 0.6 is 15.9 Å². The summed E-state index contributed by atoms with van der Waals surface area (Å²) in [6.45, 7) is 2.63. The van der Waals surface area contributed by atoms with Gasteiger partial charge < -0.3 is 10.0 Å². The van der Waals surface area contributed by atoms with Crippen LogP contribution in [0.4, 0.5) is 0 Å². The second-order valence-corrected chi connectivity index (χ2v) is 6.29. The molecule has 0 unspecified atom stereocenters. The van der Waals surface area contributed by atoms with Gasteiger partial charge in [0.2, 0.25) is 0 Å². The molecule has 0 radical (unpaired) electrons. The van der Waals surface area contributed by atoms with Crippen LogP contribution in [-0.2, 0) is 0 Å². The van der Waals surface area contributed by atoms with Crippen molar-refractivity contribution in [2.45, 2.75) is 45.1 Å². The molecule has 0 aromatic heterocycles. The van der Waals surface area contributed by atoms with Crippen LogP contribution in [0.1, 0.15) is 48.0 Å². The Labute approximate surface area is 129 Å².